The Morgan fingerprint density at radius 1 is 1.28 bits per heavy atom. The second-order valence-electron chi connectivity index (χ2n) is 9.44. The molecule has 0 unspecified atom stereocenters. The fraction of sp³-hybridized carbons (Fsp3) is 0.481. The lowest BCUT2D eigenvalue weighted by molar-refractivity contribution is -0.128. The van der Waals surface area contributed by atoms with E-state index in [-0.39, 0.29) is 35.3 Å². The van der Waals surface area contributed by atoms with Crippen molar-refractivity contribution in [1.82, 2.24) is 20.9 Å². The molecule has 0 radical (unpaired) electrons. The van der Waals surface area contributed by atoms with Crippen molar-refractivity contribution in [3.05, 3.63) is 64.9 Å². The number of carbonyl (C=O) groups is 3. The summed E-state index contributed by atoms with van der Waals surface area (Å²) < 4.78 is 36.6. The summed E-state index contributed by atoms with van der Waals surface area (Å²) >= 11 is 5.92. The van der Waals surface area contributed by atoms with Crippen molar-refractivity contribution < 1.29 is 33.0 Å². The number of aromatic nitrogens is 1. The zero-order chi connectivity index (χ0) is 28.4. The summed E-state index contributed by atoms with van der Waals surface area (Å²) in [5.74, 6) is -4.79. The predicted molar refractivity (Wildman–Crippen MR) is 140 cm³/mol. The first kappa shape index (κ1) is 30.2. The van der Waals surface area contributed by atoms with E-state index in [1.165, 1.54) is 42.7 Å². The van der Waals surface area contributed by atoms with Crippen molar-refractivity contribution in [3.63, 3.8) is 0 Å². The number of aliphatic hydroxyl groups excluding tert-OH is 1. The van der Waals surface area contributed by atoms with Crippen molar-refractivity contribution in [2.45, 2.75) is 63.1 Å². The molecule has 1 aliphatic rings. The first-order chi connectivity index (χ1) is 18.6. The highest BCUT2D eigenvalue weighted by molar-refractivity contribution is 6.30. The monoisotopic (exact) mass is 566 g/mol. The number of halogens is 3. The normalized spacial score (nSPS) is 17.6. The summed E-state index contributed by atoms with van der Waals surface area (Å²) in [6.07, 6.45) is 1.57. The largest absolute Gasteiger partial charge is 0.434 e. The van der Waals surface area contributed by atoms with E-state index in [0.717, 1.165) is 6.07 Å². The lowest BCUT2D eigenvalue weighted by Crippen LogP contribution is -2.51. The van der Waals surface area contributed by atoms with Crippen LogP contribution in [0.4, 0.5) is 13.6 Å². The molecule has 0 bridgehead atoms. The zero-order valence-corrected chi connectivity index (χ0v) is 22.3. The molecule has 1 aromatic carbocycles. The van der Waals surface area contributed by atoms with Crippen molar-refractivity contribution in [3.8, 4) is 0 Å². The average Bonchev–Trinajstić information content (AvgIpc) is 3.33. The Kier molecular flexibility index (Phi) is 11.0. The van der Waals surface area contributed by atoms with Gasteiger partial charge in [0.2, 0.25) is 11.8 Å². The molecule has 212 valence electrons. The summed E-state index contributed by atoms with van der Waals surface area (Å²) in [6, 6.07) is 6.04. The van der Waals surface area contributed by atoms with E-state index in [9.17, 15) is 19.5 Å². The number of alkyl halides is 2. The molecule has 4 atom stereocenters. The molecule has 2 heterocycles. The maximum absolute atomic E-state index is 15.7. The number of alkyl carbamates (subject to hydrolysis) is 1. The molecule has 0 aliphatic carbocycles. The second kappa shape index (κ2) is 14.2. The van der Waals surface area contributed by atoms with Crippen LogP contribution in [0.25, 0.3) is 0 Å². The van der Waals surface area contributed by atoms with Gasteiger partial charge in [0.15, 0.2) is 6.10 Å². The van der Waals surface area contributed by atoms with Crippen LogP contribution in [-0.4, -0.2) is 53.2 Å². The third kappa shape index (κ3) is 8.34. The fourth-order valence-corrected chi connectivity index (χ4v) is 4.57. The number of amides is 3. The molecule has 2 aromatic rings. The number of pyridine rings is 1. The highest BCUT2D eigenvalue weighted by atomic mass is 35.5. The molecule has 12 heteroatoms. The third-order valence-corrected chi connectivity index (χ3v) is 6.74. The van der Waals surface area contributed by atoms with Crippen molar-refractivity contribution in [1.29, 1.82) is 0 Å². The number of ether oxygens (including phenoxy) is 1. The molecule has 4 N–H and O–H groups in total. The van der Waals surface area contributed by atoms with Gasteiger partial charge in [0.25, 0.3) is 0 Å². The summed E-state index contributed by atoms with van der Waals surface area (Å²) in [5, 5.41) is 17.6. The van der Waals surface area contributed by atoms with Crippen LogP contribution in [-0.2, 0) is 20.2 Å². The summed E-state index contributed by atoms with van der Waals surface area (Å²) in [4.78, 5) is 41.8. The quantitative estimate of drug-likeness (QED) is 0.291. The smallest absolute Gasteiger partial charge is 0.408 e. The minimum Gasteiger partial charge on any atom is -0.434 e. The minimum atomic E-state index is -3.68. The van der Waals surface area contributed by atoms with Gasteiger partial charge >= 0.3 is 12.0 Å². The lowest BCUT2D eigenvalue weighted by atomic mass is 9.98. The maximum atomic E-state index is 15.7. The number of unbranched alkanes of at least 4 members (excludes halogenated alkanes) is 1. The second-order valence-corrected chi connectivity index (χ2v) is 9.88. The molecule has 1 fully saturated rings. The Hall–Kier alpha value is -3.31. The molecular formula is C27H33ClF2N4O5. The van der Waals surface area contributed by atoms with Crippen molar-refractivity contribution >= 4 is 29.5 Å². The zero-order valence-electron chi connectivity index (χ0n) is 21.5. The van der Waals surface area contributed by atoms with Gasteiger partial charge in [-0.3, -0.25) is 14.6 Å². The van der Waals surface area contributed by atoms with Gasteiger partial charge in [-0.25, -0.2) is 4.79 Å². The van der Waals surface area contributed by atoms with Crippen molar-refractivity contribution in [2.24, 2.45) is 5.92 Å². The summed E-state index contributed by atoms with van der Waals surface area (Å²) in [7, 11) is 0. The van der Waals surface area contributed by atoms with Crippen LogP contribution in [0.1, 0.15) is 56.3 Å². The number of benzene rings is 1. The van der Waals surface area contributed by atoms with Crippen LogP contribution >= 0.6 is 11.6 Å². The van der Waals surface area contributed by atoms with Gasteiger partial charge in [-0.1, -0.05) is 49.6 Å². The minimum absolute atomic E-state index is 0.0534. The molecule has 3 amide bonds. The molecule has 1 saturated heterocycles. The van der Waals surface area contributed by atoms with E-state index in [4.69, 9.17) is 16.3 Å². The highest BCUT2D eigenvalue weighted by Crippen LogP contribution is 2.43. The van der Waals surface area contributed by atoms with Crippen LogP contribution < -0.4 is 16.0 Å². The van der Waals surface area contributed by atoms with E-state index < -0.39 is 48.3 Å². The molecule has 0 spiro atoms. The molecule has 1 aromatic heterocycles. The highest BCUT2D eigenvalue weighted by Gasteiger charge is 2.46. The molecule has 39 heavy (non-hydrogen) atoms. The van der Waals surface area contributed by atoms with Crippen LogP contribution in [0.2, 0.25) is 5.02 Å². The van der Waals surface area contributed by atoms with E-state index in [1.807, 2.05) is 6.92 Å². The average molecular weight is 567 g/mol. The Bertz CT molecular complexity index is 1120. The molecule has 3 rings (SSSR count). The Labute approximate surface area is 230 Å². The van der Waals surface area contributed by atoms with Gasteiger partial charge in [-0.05, 0) is 37.5 Å². The van der Waals surface area contributed by atoms with Crippen LogP contribution in [0, 0.1) is 5.92 Å². The molecule has 1 aliphatic heterocycles. The Balaban J connectivity index is 1.75. The molecular weight excluding hydrogens is 534 g/mol. The van der Waals surface area contributed by atoms with E-state index in [1.54, 1.807) is 0 Å². The molecule has 9 nitrogen and oxygen atoms in total. The van der Waals surface area contributed by atoms with E-state index in [0.29, 0.717) is 25.8 Å². The third-order valence-electron chi connectivity index (χ3n) is 6.50. The Morgan fingerprint density at radius 2 is 2.08 bits per heavy atom. The fourth-order valence-electron chi connectivity index (χ4n) is 4.38. The van der Waals surface area contributed by atoms with E-state index in [2.05, 4.69) is 20.9 Å². The SMILES string of the molecule is CCCC[C@H](NC(=O)O[C@H](c1cccnc1)C(F)(F)c1cccc(Cl)c1)C(=O)N[C@H](CO)C[C@@H]1CCNC1=O. The number of hydrogen-bond donors (Lipinski definition) is 4. The molecule has 0 saturated carbocycles. The van der Waals surface area contributed by atoms with Crippen LogP contribution in [0.15, 0.2) is 48.8 Å². The first-order valence-electron chi connectivity index (χ1n) is 12.9. The van der Waals surface area contributed by atoms with Gasteiger partial charge in [0.1, 0.15) is 6.04 Å². The topological polar surface area (TPSA) is 130 Å². The lowest BCUT2D eigenvalue weighted by Gasteiger charge is -2.28. The van der Waals surface area contributed by atoms with Crippen LogP contribution in [0.5, 0.6) is 0 Å². The maximum Gasteiger partial charge on any atom is 0.408 e. The Morgan fingerprint density at radius 3 is 2.69 bits per heavy atom. The predicted octanol–water partition coefficient (Wildman–Crippen LogP) is 3.86. The van der Waals surface area contributed by atoms with Gasteiger partial charge in [-0.15, -0.1) is 0 Å². The number of aliphatic hydroxyl groups is 1. The standard InChI is InChI=1S/C27H33ClF2N4O5/c1-2-3-9-22(25(37)33-21(16-35)13-17-10-12-32-24(17)36)34-26(38)39-23(18-6-5-11-31-15-18)27(29,30)19-7-4-8-20(28)14-19/h4-8,11,14-15,17,21-23,35H,2-3,9-10,12-13,16H2,1H3,(H,32,36)(H,33,37)(H,34,38)/t17-,21-,22-,23+/m0/s1. The van der Waals surface area contributed by atoms with Crippen molar-refractivity contribution in [2.75, 3.05) is 13.2 Å². The van der Waals surface area contributed by atoms with Gasteiger partial charge < -0.3 is 25.8 Å². The number of hydrogen-bond acceptors (Lipinski definition) is 6. The van der Waals surface area contributed by atoms with Gasteiger partial charge in [0, 0.05) is 41.0 Å². The number of nitrogens with one attached hydrogen (secondary N) is 3. The van der Waals surface area contributed by atoms with Gasteiger partial charge in [-0.2, -0.15) is 8.78 Å². The number of carbonyl (C=O) groups excluding carboxylic acids is 3. The summed E-state index contributed by atoms with van der Waals surface area (Å²) in [5.41, 5.74) is -0.513. The van der Waals surface area contributed by atoms with Crippen LogP contribution in [0.3, 0.4) is 0 Å². The van der Waals surface area contributed by atoms with Gasteiger partial charge in [0.05, 0.1) is 12.6 Å². The van der Waals surface area contributed by atoms with E-state index >= 15 is 8.78 Å². The summed E-state index contributed by atoms with van der Waals surface area (Å²) in [6.45, 7) is 2.02. The number of rotatable bonds is 13. The first-order valence-corrected chi connectivity index (χ1v) is 13.2. The number of nitrogens with zero attached hydrogens (tertiary/aromatic N) is 1.